The lowest BCUT2D eigenvalue weighted by Crippen LogP contribution is -2.20. The van der Waals surface area contributed by atoms with E-state index in [1.807, 2.05) is 0 Å². The van der Waals surface area contributed by atoms with Gasteiger partial charge in [-0.25, -0.2) is 9.18 Å². The van der Waals surface area contributed by atoms with E-state index in [0.717, 1.165) is 12.1 Å². The van der Waals surface area contributed by atoms with Crippen molar-refractivity contribution in [3.63, 3.8) is 0 Å². The average Bonchev–Trinajstić information content (AvgIpc) is 2.79. The number of amides is 1. The normalized spacial score (nSPS) is 10.9. The van der Waals surface area contributed by atoms with Crippen molar-refractivity contribution in [2.24, 2.45) is 7.05 Å². The van der Waals surface area contributed by atoms with Crippen LogP contribution in [-0.4, -0.2) is 28.3 Å². The van der Waals surface area contributed by atoms with Crippen LogP contribution in [0.2, 0.25) is 10.2 Å². The van der Waals surface area contributed by atoms with E-state index in [4.69, 9.17) is 27.9 Å². The molecule has 1 heterocycles. The van der Waals surface area contributed by atoms with Gasteiger partial charge in [-0.3, -0.25) is 9.48 Å². The summed E-state index contributed by atoms with van der Waals surface area (Å²) in [4.78, 5) is 23.4. The van der Waals surface area contributed by atoms with Crippen LogP contribution >= 0.6 is 23.2 Å². The number of aromatic nitrogens is 2. The van der Waals surface area contributed by atoms with Crippen molar-refractivity contribution in [3.8, 4) is 0 Å². The van der Waals surface area contributed by atoms with Crippen molar-refractivity contribution in [2.45, 2.75) is 6.92 Å². The molecule has 2 aromatic rings. The van der Waals surface area contributed by atoms with E-state index >= 15 is 0 Å². The first-order valence-electron chi connectivity index (χ1n) is 7.06. The fraction of sp³-hybridized carbons (Fsp3) is 0.188. The number of ether oxygens (including phenoxy) is 1. The number of carbonyl (C=O) groups excluding carboxylic acids is 2. The van der Waals surface area contributed by atoms with Crippen LogP contribution in [0.25, 0.3) is 6.08 Å². The highest BCUT2D eigenvalue weighted by atomic mass is 35.5. The van der Waals surface area contributed by atoms with Gasteiger partial charge in [0, 0.05) is 24.4 Å². The molecule has 25 heavy (non-hydrogen) atoms. The summed E-state index contributed by atoms with van der Waals surface area (Å²) in [5.74, 6) is -1.90. The molecule has 132 valence electrons. The molecule has 0 aliphatic rings. The molecule has 0 unspecified atom stereocenters. The molecule has 0 aliphatic carbocycles. The van der Waals surface area contributed by atoms with Crippen LogP contribution < -0.4 is 5.32 Å². The second-order valence-electron chi connectivity index (χ2n) is 5.03. The topological polar surface area (TPSA) is 73.2 Å². The van der Waals surface area contributed by atoms with Gasteiger partial charge in [-0.2, -0.15) is 5.10 Å². The van der Waals surface area contributed by atoms with Gasteiger partial charge in [0.1, 0.15) is 11.0 Å². The maximum Gasteiger partial charge on any atom is 0.331 e. The lowest BCUT2D eigenvalue weighted by Gasteiger charge is -2.06. The van der Waals surface area contributed by atoms with Gasteiger partial charge in [-0.1, -0.05) is 23.2 Å². The maximum absolute atomic E-state index is 13.0. The Morgan fingerprint density at radius 2 is 2.12 bits per heavy atom. The van der Waals surface area contributed by atoms with Crippen LogP contribution in [-0.2, 0) is 21.4 Å². The second-order valence-corrected chi connectivity index (χ2v) is 5.80. The third-order valence-electron chi connectivity index (χ3n) is 3.13. The molecule has 1 amide bonds. The van der Waals surface area contributed by atoms with Crippen molar-refractivity contribution >= 4 is 46.8 Å². The molecule has 0 spiro atoms. The first kappa shape index (κ1) is 19.0. The molecule has 0 saturated heterocycles. The Bertz CT molecular complexity index is 849. The number of aryl methyl sites for hydroxylation is 2. The number of benzene rings is 1. The van der Waals surface area contributed by atoms with Crippen LogP contribution in [0.3, 0.4) is 0 Å². The number of nitrogens with one attached hydrogen (secondary N) is 1. The summed E-state index contributed by atoms with van der Waals surface area (Å²) in [5.41, 5.74) is 1.54. The van der Waals surface area contributed by atoms with Crippen LogP contribution in [0.5, 0.6) is 0 Å². The van der Waals surface area contributed by atoms with Crippen molar-refractivity contribution in [3.05, 3.63) is 51.5 Å². The quantitative estimate of drug-likeness (QED) is 0.632. The molecule has 2 rings (SSSR count). The first-order chi connectivity index (χ1) is 11.8. The zero-order valence-corrected chi connectivity index (χ0v) is 14.9. The lowest BCUT2D eigenvalue weighted by atomic mass is 10.2. The largest absolute Gasteiger partial charge is 0.452 e. The van der Waals surface area contributed by atoms with E-state index in [9.17, 15) is 14.0 Å². The SMILES string of the molecule is Cc1nn(C)c(Cl)c1/C=C/C(=O)OCC(=O)Nc1ccc(F)c(Cl)c1. The van der Waals surface area contributed by atoms with E-state index < -0.39 is 24.3 Å². The second kappa shape index (κ2) is 8.13. The van der Waals surface area contributed by atoms with Gasteiger partial charge in [0.2, 0.25) is 0 Å². The zero-order valence-electron chi connectivity index (χ0n) is 13.3. The number of hydrogen-bond acceptors (Lipinski definition) is 4. The lowest BCUT2D eigenvalue weighted by molar-refractivity contribution is -0.142. The molecule has 1 N–H and O–H groups in total. The molecule has 9 heteroatoms. The highest BCUT2D eigenvalue weighted by molar-refractivity contribution is 6.31. The van der Waals surface area contributed by atoms with Gasteiger partial charge in [-0.15, -0.1) is 0 Å². The summed E-state index contributed by atoms with van der Waals surface area (Å²) in [6.45, 7) is 1.25. The minimum absolute atomic E-state index is 0.124. The summed E-state index contributed by atoms with van der Waals surface area (Å²) in [7, 11) is 1.68. The molecule has 0 atom stereocenters. The van der Waals surface area contributed by atoms with Crippen molar-refractivity contribution in [1.82, 2.24) is 9.78 Å². The van der Waals surface area contributed by atoms with E-state index in [0.29, 0.717) is 22.1 Å². The predicted molar refractivity (Wildman–Crippen MR) is 93.0 cm³/mol. The number of rotatable bonds is 5. The van der Waals surface area contributed by atoms with Crippen LogP contribution in [0, 0.1) is 12.7 Å². The molecule has 0 saturated carbocycles. The van der Waals surface area contributed by atoms with Crippen molar-refractivity contribution < 1.29 is 18.7 Å². The van der Waals surface area contributed by atoms with Gasteiger partial charge in [0.25, 0.3) is 5.91 Å². The molecule has 0 aliphatic heterocycles. The molecule has 0 fully saturated rings. The van der Waals surface area contributed by atoms with E-state index in [1.54, 1.807) is 14.0 Å². The number of halogens is 3. The molecule has 0 bridgehead atoms. The van der Waals surface area contributed by atoms with Gasteiger partial charge in [0.15, 0.2) is 6.61 Å². The minimum atomic E-state index is -0.716. The Labute approximate surface area is 153 Å². The summed E-state index contributed by atoms with van der Waals surface area (Å²) in [6.07, 6.45) is 2.61. The maximum atomic E-state index is 13.0. The van der Waals surface area contributed by atoms with Crippen LogP contribution in [0.4, 0.5) is 10.1 Å². The predicted octanol–water partition coefficient (Wildman–Crippen LogP) is 3.37. The summed E-state index contributed by atoms with van der Waals surface area (Å²) < 4.78 is 19.3. The smallest absolute Gasteiger partial charge is 0.331 e. The minimum Gasteiger partial charge on any atom is -0.452 e. The number of nitrogens with zero attached hydrogens (tertiary/aromatic N) is 2. The van der Waals surface area contributed by atoms with Crippen molar-refractivity contribution in [2.75, 3.05) is 11.9 Å². The molecule has 6 nitrogen and oxygen atoms in total. The first-order valence-corrected chi connectivity index (χ1v) is 7.82. The van der Waals surface area contributed by atoms with Gasteiger partial charge >= 0.3 is 5.97 Å². The highest BCUT2D eigenvalue weighted by Crippen LogP contribution is 2.20. The fourth-order valence-corrected chi connectivity index (χ4v) is 2.36. The third-order valence-corrected chi connectivity index (χ3v) is 3.87. The van der Waals surface area contributed by atoms with Gasteiger partial charge < -0.3 is 10.1 Å². The standard InChI is InChI=1S/C16H14Cl2FN3O3/c1-9-11(16(18)22(2)21-9)4-6-15(24)25-8-14(23)20-10-3-5-13(19)12(17)7-10/h3-7H,8H2,1-2H3,(H,20,23)/b6-4+. The van der Waals surface area contributed by atoms with Crippen LogP contribution in [0.15, 0.2) is 24.3 Å². The highest BCUT2D eigenvalue weighted by Gasteiger charge is 2.10. The number of carbonyl (C=O) groups is 2. The summed E-state index contributed by atoms with van der Waals surface area (Å²) in [6, 6.07) is 3.71. The molecular weight excluding hydrogens is 372 g/mol. The summed E-state index contributed by atoms with van der Waals surface area (Å²) >= 11 is 11.6. The molecule has 1 aromatic carbocycles. The Hall–Kier alpha value is -2.38. The number of hydrogen-bond donors (Lipinski definition) is 1. The number of anilines is 1. The number of esters is 1. The Kier molecular flexibility index (Phi) is 6.17. The molecule has 1 aromatic heterocycles. The fourth-order valence-electron chi connectivity index (χ4n) is 1.94. The molecular formula is C16H14Cl2FN3O3. The third kappa shape index (κ3) is 5.04. The average molecular weight is 386 g/mol. The van der Waals surface area contributed by atoms with E-state index in [2.05, 4.69) is 10.4 Å². The van der Waals surface area contributed by atoms with Gasteiger partial charge in [0.05, 0.1) is 10.7 Å². The Balaban J connectivity index is 1.87. The van der Waals surface area contributed by atoms with Crippen molar-refractivity contribution in [1.29, 1.82) is 0 Å². The summed E-state index contributed by atoms with van der Waals surface area (Å²) in [5, 5.41) is 6.80. The van der Waals surface area contributed by atoms with E-state index in [-0.39, 0.29) is 5.02 Å². The van der Waals surface area contributed by atoms with Gasteiger partial charge in [-0.05, 0) is 31.2 Å². The Morgan fingerprint density at radius 3 is 2.72 bits per heavy atom. The molecule has 0 radical (unpaired) electrons. The van der Waals surface area contributed by atoms with E-state index in [1.165, 1.54) is 22.9 Å². The van der Waals surface area contributed by atoms with Crippen LogP contribution in [0.1, 0.15) is 11.3 Å². The zero-order chi connectivity index (χ0) is 18.6. The Morgan fingerprint density at radius 1 is 1.40 bits per heavy atom. The monoisotopic (exact) mass is 385 g/mol.